The average Bonchev–Trinajstić information content (AvgIpc) is 2.65. The third-order valence-electron chi connectivity index (χ3n) is 4.96. The summed E-state index contributed by atoms with van der Waals surface area (Å²) >= 11 is 0. The number of H-pyrrole nitrogens is 1. The lowest BCUT2D eigenvalue weighted by atomic mass is 10.1. The number of hydrogen-bond acceptors (Lipinski definition) is 6. The number of nitrogens with zero attached hydrogens (tertiary/aromatic N) is 4. The van der Waals surface area contributed by atoms with Gasteiger partial charge < -0.3 is 10.6 Å². The van der Waals surface area contributed by atoms with Crippen molar-refractivity contribution in [3.8, 4) is 0 Å². The fraction of sp³-hybridized carbons (Fsp3) is 0.455. The van der Waals surface area contributed by atoms with Crippen LogP contribution in [0.25, 0.3) is 5.65 Å². The van der Waals surface area contributed by atoms with Gasteiger partial charge in [-0.3, -0.25) is 23.5 Å². The van der Waals surface area contributed by atoms with Crippen molar-refractivity contribution < 1.29 is 0 Å². The van der Waals surface area contributed by atoms with Gasteiger partial charge in [-0.1, -0.05) is 33.8 Å². The molecular weight excluding hydrogens is 396 g/mol. The Balaban J connectivity index is 2.14. The number of nitrogen functional groups attached to an aromatic ring is 1. The number of anilines is 2. The highest BCUT2D eigenvalue weighted by atomic mass is 16.2. The van der Waals surface area contributed by atoms with E-state index in [2.05, 4.69) is 9.97 Å². The molecule has 3 heterocycles. The molecule has 0 aliphatic rings. The maximum absolute atomic E-state index is 12.8. The molecule has 3 rings (SSSR count). The standard InChI is InChI=1S/C22H30N6O3/c1-13(2)10-26(18-19(23)28(11-14(3)4)22(31)25-21(18)30)12-16-9-17(29)27-8-6-7-15(5)20(27)24-16/h6-9,13-14H,10-12,23H2,1-5H3,(H,25,30,31). The van der Waals surface area contributed by atoms with Crippen molar-refractivity contribution in [2.45, 2.75) is 47.7 Å². The number of nitrogens with two attached hydrogens (primary N) is 1. The number of hydrogen-bond donors (Lipinski definition) is 2. The number of aromatic nitrogens is 4. The van der Waals surface area contributed by atoms with E-state index in [1.165, 1.54) is 15.0 Å². The summed E-state index contributed by atoms with van der Waals surface area (Å²) in [6.07, 6.45) is 1.68. The Morgan fingerprint density at radius 1 is 1.16 bits per heavy atom. The number of aromatic amines is 1. The van der Waals surface area contributed by atoms with E-state index >= 15 is 0 Å². The van der Waals surface area contributed by atoms with Gasteiger partial charge in [0, 0.05) is 25.4 Å². The molecule has 3 N–H and O–H groups in total. The molecule has 0 radical (unpaired) electrons. The monoisotopic (exact) mass is 426 g/mol. The summed E-state index contributed by atoms with van der Waals surface area (Å²) in [5, 5.41) is 0. The Labute approximate surface area is 180 Å². The lowest BCUT2D eigenvalue weighted by Gasteiger charge is -2.28. The van der Waals surface area contributed by atoms with E-state index in [0.717, 1.165) is 5.56 Å². The first-order chi connectivity index (χ1) is 14.6. The molecule has 0 atom stereocenters. The van der Waals surface area contributed by atoms with Crippen molar-refractivity contribution in [3.05, 3.63) is 66.8 Å². The van der Waals surface area contributed by atoms with E-state index in [4.69, 9.17) is 5.73 Å². The Hall–Kier alpha value is -3.36. The SMILES string of the molecule is Cc1cccn2c(=O)cc(CN(CC(C)C)c3c(N)n(CC(C)C)c(=O)[nH]c3=O)nc12. The van der Waals surface area contributed by atoms with E-state index in [-0.39, 0.29) is 35.4 Å². The molecule has 0 spiro atoms. The molecule has 0 aromatic carbocycles. The van der Waals surface area contributed by atoms with Gasteiger partial charge in [0.05, 0.1) is 12.2 Å². The molecule has 0 saturated heterocycles. The molecule has 166 valence electrons. The molecule has 3 aromatic rings. The first kappa shape index (κ1) is 22.3. The zero-order valence-corrected chi connectivity index (χ0v) is 18.7. The van der Waals surface area contributed by atoms with Crippen molar-refractivity contribution in [1.82, 2.24) is 18.9 Å². The topological polar surface area (TPSA) is 118 Å². The first-order valence-corrected chi connectivity index (χ1v) is 10.4. The molecule has 0 saturated carbocycles. The predicted molar refractivity (Wildman–Crippen MR) is 123 cm³/mol. The van der Waals surface area contributed by atoms with E-state index in [1.807, 2.05) is 40.7 Å². The summed E-state index contributed by atoms with van der Waals surface area (Å²) in [4.78, 5) is 46.6. The van der Waals surface area contributed by atoms with E-state index in [0.29, 0.717) is 24.4 Å². The van der Waals surface area contributed by atoms with Gasteiger partial charge >= 0.3 is 5.69 Å². The molecule has 0 aliphatic carbocycles. The molecule has 0 fully saturated rings. The van der Waals surface area contributed by atoms with Gasteiger partial charge in [0.15, 0.2) is 0 Å². The van der Waals surface area contributed by atoms with Gasteiger partial charge in [-0.2, -0.15) is 0 Å². The third-order valence-corrected chi connectivity index (χ3v) is 4.96. The number of pyridine rings is 1. The summed E-state index contributed by atoms with van der Waals surface area (Å²) in [5.74, 6) is 0.492. The van der Waals surface area contributed by atoms with Gasteiger partial charge in [0.25, 0.3) is 11.1 Å². The Morgan fingerprint density at radius 2 is 1.87 bits per heavy atom. The first-order valence-electron chi connectivity index (χ1n) is 10.4. The minimum absolute atomic E-state index is 0.122. The molecule has 0 amide bonds. The van der Waals surface area contributed by atoms with Crippen LogP contribution in [0.4, 0.5) is 11.5 Å². The van der Waals surface area contributed by atoms with E-state index < -0.39 is 11.2 Å². The second kappa shape index (κ2) is 8.79. The third kappa shape index (κ3) is 4.70. The number of rotatable bonds is 7. The molecular formula is C22H30N6O3. The van der Waals surface area contributed by atoms with Crippen LogP contribution in [-0.2, 0) is 13.1 Å². The normalized spacial score (nSPS) is 11.6. The minimum atomic E-state index is -0.545. The maximum Gasteiger partial charge on any atom is 0.330 e. The molecule has 0 aliphatic heterocycles. The van der Waals surface area contributed by atoms with Gasteiger partial charge in [-0.15, -0.1) is 0 Å². The van der Waals surface area contributed by atoms with Crippen LogP contribution < -0.4 is 27.4 Å². The minimum Gasteiger partial charge on any atom is -0.383 e. The van der Waals surface area contributed by atoms with Gasteiger partial charge in [-0.25, -0.2) is 9.78 Å². The largest absolute Gasteiger partial charge is 0.383 e. The highest BCUT2D eigenvalue weighted by molar-refractivity contribution is 5.62. The Kier molecular flexibility index (Phi) is 6.33. The van der Waals surface area contributed by atoms with Gasteiger partial charge in [0.1, 0.15) is 17.2 Å². The highest BCUT2D eigenvalue weighted by Gasteiger charge is 2.21. The Bertz CT molecular complexity index is 1270. The van der Waals surface area contributed by atoms with Gasteiger partial charge in [0.2, 0.25) is 0 Å². The molecule has 31 heavy (non-hydrogen) atoms. The second-order valence-corrected chi connectivity index (χ2v) is 8.74. The summed E-state index contributed by atoms with van der Waals surface area (Å²) < 4.78 is 2.89. The zero-order valence-electron chi connectivity index (χ0n) is 18.7. The lowest BCUT2D eigenvalue weighted by molar-refractivity contribution is 0.505. The van der Waals surface area contributed by atoms with E-state index in [9.17, 15) is 14.4 Å². The predicted octanol–water partition coefficient (Wildman–Crippen LogP) is 1.75. The second-order valence-electron chi connectivity index (χ2n) is 8.74. The van der Waals surface area contributed by atoms with Crippen molar-refractivity contribution >= 4 is 17.2 Å². The molecule has 9 nitrogen and oxygen atoms in total. The summed E-state index contributed by atoms with van der Waals surface area (Å²) in [6, 6.07) is 5.16. The van der Waals surface area contributed by atoms with E-state index in [1.54, 1.807) is 17.2 Å². The van der Waals surface area contributed by atoms with Crippen molar-refractivity contribution in [2.24, 2.45) is 11.8 Å². The van der Waals surface area contributed by atoms with Crippen LogP contribution in [0.5, 0.6) is 0 Å². The highest BCUT2D eigenvalue weighted by Crippen LogP contribution is 2.21. The fourth-order valence-electron chi connectivity index (χ4n) is 3.69. The summed E-state index contributed by atoms with van der Waals surface area (Å²) in [5.41, 5.74) is 7.25. The lowest BCUT2D eigenvalue weighted by Crippen LogP contribution is -2.40. The van der Waals surface area contributed by atoms with Gasteiger partial charge in [-0.05, 0) is 30.4 Å². The quantitative estimate of drug-likeness (QED) is 0.594. The van der Waals surface area contributed by atoms with Crippen LogP contribution in [0.3, 0.4) is 0 Å². The fourth-order valence-corrected chi connectivity index (χ4v) is 3.69. The van der Waals surface area contributed by atoms with Crippen LogP contribution in [0, 0.1) is 18.8 Å². The van der Waals surface area contributed by atoms with Crippen LogP contribution in [-0.4, -0.2) is 25.5 Å². The summed E-state index contributed by atoms with van der Waals surface area (Å²) in [6.45, 7) is 11.0. The molecule has 0 bridgehead atoms. The van der Waals surface area contributed by atoms with Crippen LogP contribution in [0.15, 0.2) is 38.8 Å². The molecule has 9 heteroatoms. The smallest absolute Gasteiger partial charge is 0.330 e. The van der Waals surface area contributed by atoms with Crippen LogP contribution in [0.1, 0.15) is 39.0 Å². The zero-order chi connectivity index (χ0) is 22.9. The molecule has 3 aromatic heterocycles. The van der Waals surface area contributed by atoms with Crippen LogP contribution >= 0.6 is 0 Å². The Morgan fingerprint density at radius 3 is 2.52 bits per heavy atom. The number of aryl methyl sites for hydroxylation is 1. The van der Waals surface area contributed by atoms with Crippen LogP contribution in [0.2, 0.25) is 0 Å². The maximum atomic E-state index is 12.8. The summed E-state index contributed by atoms with van der Waals surface area (Å²) in [7, 11) is 0. The van der Waals surface area contributed by atoms with Crippen molar-refractivity contribution in [1.29, 1.82) is 0 Å². The average molecular weight is 427 g/mol. The number of nitrogens with one attached hydrogen (secondary N) is 1. The van der Waals surface area contributed by atoms with Crippen molar-refractivity contribution in [3.63, 3.8) is 0 Å². The van der Waals surface area contributed by atoms with Crippen molar-refractivity contribution in [2.75, 3.05) is 17.2 Å². The molecule has 0 unspecified atom stereocenters. The number of fused-ring (bicyclic) bond motifs is 1.